The molecule has 0 bridgehead atoms. The molecule has 102 valence electrons. The normalized spacial score (nSPS) is 23.9. The van der Waals surface area contributed by atoms with Crippen molar-refractivity contribution in [1.29, 1.82) is 0 Å². The Hall–Kier alpha value is -0.470. The van der Waals surface area contributed by atoms with Crippen LogP contribution in [0.1, 0.15) is 19.8 Å². The summed E-state index contributed by atoms with van der Waals surface area (Å²) >= 11 is 7.41. The molecular weight excluding hydrogens is 378 g/mol. The molecular formula is C13H14FIN2OS. The van der Waals surface area contributed by atoms with Crippen LogP contribution in [0.15, 0.2) is 12.1 Å². The summed E-state index contributed by atoms with van der Waals surface area (Å²) in [7, 11) is 0. The van der Waals surface area contributed by atoms with Gasteiger partial charge in [-0.1, -0.05) is 0 Å². The number of hydrogen-bond acceptors (Lipinski definition) is 2. The van der Waals surface area contributed by atoms with Gasteiger partial charge in [0.2, 0.25) is 0 Å². The number of aromatic amines is 1. The topological polar surface area (TPSA) is 29.9 Å². The minimum Gasteiger partial charge on any atom is -0.379 e. The summed E-state index contributed by atoms with van der Waals surface area (Å²) in [6, 6.07) is 3.35. The summed E-state index contributed by atoms with van der Waals surface area (Å²) in [6.45, 7) is 3.52. The highest BCUT2D eigenvalue weighted by Gasteiger charge is 2.31. The fourth-order valence-electron chi connectivity index (χ4n) is 2.73. The van der Waals surface area contributed by atoms with Gasteiger partial charge in [-0.25, -0.2) is 4.39 Å². The van der Waals surface area contributed by atoms with Gasteiger partial charge in [-0.15, -0.1) is 0 Å². The highest BCUT2D eigenvalue weighted by molar-refractivity contribution is 14.1. The Kier molecular flexibility index (Phi) is 3.43. The van der Waals surface area contributed by atoms with Gasteiger partial charge < -0.3 is 14.3 Å². The Balaban J connectivity index is 2.25. The number of imidazole rings is 1. The van der Waals surface area contributed by atoms with E-state index < -0.39 is 0 Å². The minimum atomic E-state index is -0.212. The van der Waals surface area contributed by atoms with Crippen LogP contribution < -0.4 is 0 Å². The monoisotopic (exact) mass is 392 g/mol. The molecule has 1 N–H and O–H groups in total. The van der Waals surface area contributed by atoms with Crippen molar-refractivity contribution in [2.75, 3.05) is 13.2 Å². The molecule has 1 aromatic carbocycles. The van der Waals surface area contributed by atoms with Crippen LogP contribution in [0.2, 0.25) is 0 Å². The molecule has 0 radical (unpaired) electrons. The number of fused-ring (bicyclic) bond motifs is 1. The van der Waals surface area contributed by atoms with Crippen molar-refractivity contribution in [2.24, 2.45) is 0 Å². The molecule has 1 saturated heterocycles. The molecule has 1 aliphatic rings. The van der Waals surface area contributed by atoms with Gasteiger partial charge in [-0.2, -0.15) is 0 Å². The molecule has 1 atom stereocenters. The number of hydrogen-bond donors (Lipinski definition) is 1. The Morgan fingerprint density at radius 1 is 1.53 bits per heavy atom. The quantitative estimate of drug-likeness (QED) is 0.588. The van der Waals surface area contributed by atoms with E-state index in [0.29, 0.717) is 14.9 Å². The zero-order valence-electron chi connectivity index (χ0n) is 10.5. The van der Waals surface area contributed by atoms with Crippen molar-refractivity contribution in [1.82, 2.24) is 9.55 Å². The first-order valence-corrected chi connectivity index (χ1v) is 7.68. The zero-order valence-corrected chi connectivity index (χ0v) is 13.5. The molecule has 0 spiro atoms. The number of nitrogens with zero attached hydrogens (tertiary/aromatic N) is 1. The van der Waals surface area contributed by atoms with Gasteiger partial charge in [0, 0.05) is 12.7 Å². The second-order valence-corrected chi connectivity index (χ2v) is 6.75. The van der Waals surface area contributed by atoms with Crippen LogP contribution in [0.5, 0.6) is 0 Å². The minimum absolute atomic E-state index is 0.202. The Morgan fingerprint density at radius 2 is 2.32 bits per heavy atom. The molecule has 0 aliphatic carbocycles. The molecule has 1 unspecified atom stereocenters. The van der Waals surface area contributed by atoms with E-state index in [-0.39, 0.29) is 11.4 Å². The van der Waals surface area contributed by atoms with Gasteiger partial charge in [-0.3, -0.25) is 0 Å². The average molecular weight is 392 g/mol. The summed E-state index contributed by atoms with van der Waals surface area (Å²) in [5.41, 5.74) is 1.49. The van der Waals surface area contributed by atoms with Crippen molar-refractivity contribution >= 4 is 45.8 Å². The van der Waals surface area contributed by atoms with Crippen molar-refractivity contribution in [3.63, 3.8) is 0 Å². The predicted molar refractivity (Wildman–Crippen MR) is 83.5 cm³/mol. The van der Waals surface area contributed by atoms with E-state index in [1.54, 1.807) is 12.1 Å². The van der Waals surface area contributed by atoms with Crippen LogP contribution in [0.4, 0.5) is 4.39 Å². The number of rotatable bonds is 1. The number of aromatic nitrogens is 2. The number of H-pyrrole nitrogens is 1. The van der Waals surface area contributed by atoms with E-state index in [1.165, 1.54) is 0 Å². The molecule has 6 heteroatoms. The third-order valence-corrected chi connectivity index (χ3v) is 4.79. The molecule has 2 aromatic rings. The van der Waals surface area contributed by atoms with Crippen LogP contribution in [0.3, 0.4) is 0 Å². The van der Waals surface area contributed by atoms with Crippen LogP contribution in [0, 0.1) is 14.2 Å². The second kappa shape index (κ2) is 4.82. The lowest BCUT2D eigenvalue weighted by Crippen LogP contribution is -2.39. The third-order valence-electron chi connectivity index (χ3n) is 3.68. The molecule has 1 aromatic heterocycles. The van der Waals surface area contributed by atoms with E-state index in [2.05, 4.69) is 11.9 Å². The van der Waals surface area contributed by atoms with Gasteiger partial charge >= 0.3 is 0 Å². The lowest BCUT2D eigenvalue weighted by molar-refractivity contribution is 0.0108. The maximum atomic E-state index is 13.8. The maximum absolute atomic E-state index is 13.8. The highest BCUT2D eigenvalue weighted by atomic mass is 127. The van der Waals surface area contributed by atoms with Gasteiger partial charge in [0.05, 0.1) is 26.7 Å². The third kappa shape index (κ3) is 2.23. The molecule has 3 nitrogen and oxygen atoms in total. The number of halogens is 2. The number of ether oxygens (including phenoxy) is 1. The van der Waals surface area contributed by atoms with E-state index in [1.807, 2.05) is 27.2 Å². The second-order valence-electron chi connectivity index (χ2n) is 5.20. The first-order valence-electron chi connectivity index (χ1n) is 6.19. The molecule has 1 aliphatic heterocycles. The molecule has 0 saturated carbocycles. The fourth-order valence-corrected chi connectivity index (χ4v) is 3.63. The van der Waals surface area contributed by atoms with Gasteiger partial charge in [0.25, 0.3) is 0 Å². The molecule has 0 amide bonds. The average Bonchev–Trinajstić information content (AvgIpc) is 2.67. The molecule has 2 heterocycles. The maximum Gasteiger partial charge on any atom is 0.178 e. The Morgan fingerprint density at radius 3 is 3.00 bits per heavy atom. The highest BCUT2D eigenvalue weighted by Crippen LogP contribution is 2.32. The van der Waals surface area contributed by atoms with E-state index >= 15 is 0 Å². The Labute approximate surface area is 129 Å². The Bertz CT molecular complexity index is 688. The summed E-state index contributed by atoms with van der Waals surface area (Å²) in [5, 5.41) is 0. The van der Waals surface area contributed by atoms with E-state index in [9.17, 15) is 4.39 Å². The van der Waals surface area contributed by atoms with Crippen molar-refractivity contribution in [2.45, 2.75) is 25.3 Å². The molecule has 3 rings (SSSR count). The van der Waals surface area contributed by atoms with Crippen LogP contribution in [0.25, 0.3) is 11.0 Å². The lowest BCUT2D eigenvalue weighted by Gasteiger charge is -2.35. The van der Waals surface area contributed by atoms with E-state index in [0.717, 1.165) is 30.5 Å². The summed E-state index contributed by atoms with van der Waals surface area (Å²) in [4.78, 5) is 3.17. The van der Waals surface area contributed by atoms with Gasteiger partial charge in [0.1, 0.15) is 5.82 Å². The lowest BCUT2D eigenvalue weighted by atomic mass is 9.94. The number of nitrogens with one attached hydrogen (secondary N) is 1. The first-order chi connectivity index (χ1) is 9.01. The summed E-state index contributed by atoms with van der Waals surface area (Å²) in [5.74, 6) is -0.212. The van der Waals surface area contributed by atoms with Crippen molar-refractivity contribution in [3.8, 4) is 0 Å². The zero-order chi connectivity index (χ0) is 13.6. The smallest absolute Gasteiger partial charge is 0.178 e. The molecule has 1 fully saturated rings. The van der Waals surface area contributed by atoms with Gasteiger partial charge in [-0.05, 0) is 60.6 Å². The number of benzene rings is 1. The van der Waals surface area contributed by atoms with E-state index in [4.69, 9.17) is 17.0 Å². The predicted octanol–water partition coefficient (Wildman–Crippen LogP) is 3.97. The van der Waals surface area contributed by atoms with Crippen LogP contribution >= 0.6 is 34.8 Å². The summed E-state index contributed by atoms with van der Waals surface area (Å²) in [6.07, 6.45) is 1.99. The summed E-state index contributed by atoms with van der Waals surface area (Å²) < 4.78 is 22.7. The van der Waals surface area contributed by atoms with Crippen molar-refractivity contribution < 1.29 is 9.13 Å². The largest absolute Gasteiger partial charge is 0.379 e. The van der Waals surface area contributed by atoms with Gasteiger partial charge in [0.15, 0.2) is 4.77 Å². The SMILES string of the molecule is CC1(n2c(=S)[nH]c3cc(I)c(F)cc32)CCCOC1. The van der Waals surface area contributed by atoms with Crippen molar-refractivity contribution in [3.05, 3.63) is 26.3 Å². The standard InChI is InChI=1S/C13H14FIN2OS/c1-13(3-2-4-18-7-13)17-11-5-8(14)9(15)6-10(11)16-12(17)19/h5-6H,2-4,7H2,1H3,(H,16,19). The van der Waals surface area contributed by atoms with Crippen LogP contribution in [-0.2, 0) is 10.3 Å². The fraction of sp³-hybridized carbons (Fsp3) is 0.462. The molecule has 19 heavy (non-hydrogen) atoms. The first kappa shape index (κ1) is 13.5. The van der Waals surface area contributed by atoms with Crippen LogP contribution in [-0.4, -0.2) is 22.8 Å².